The molecule has 1 aromatic heterocycles. The van der Waals surface area contributed by atoms with Crippen molar-refractivity contribution in [3.63, 3.8) is 0 Å². The van der Waals surface area contributed by atoms with E-state index in [2.05, 4.69) is 21.5 Å². The molecule has 1 N–H and O–H groups in total. The molecule has 2 rings (SSSR count). The van der Waals surface area contributed by atoms with Crippen LogP contribution in [-0.4, -0.2) is 21.3 Å². The van der Waals surface area contributed by atoms with Gasteiger partial charge in [-0.05, 0) is 30.8 Å². The van der Waals surface area contributed by atoms with Crippen LogP contribution in [0.25, 0.3) is 5.69 Å². The van der Waals surface area contributed by atoms with Crippen molar-refractivity contribution < 1.29 is 0 Å². The lowest BCUT2D eigenvalue weighted by Gasteiger charge is -2.06. The van der Waals surface area contributed by atoms with Crippen LogP contribution >= 0.6 is 0 Å². The van der Waals surface area contributed by atoms with Crippen molar-refractivity contribution in [1.29, 1.82) is 5.26 Å². The van der Waals surface area contributed by atoms with Crippen LogP contribution in [0.2, 0.25) is 0 Å². The van der Waals surface area contributed by atoms with E-state index in [-0.39, 0.29) is 0 Å². The number of nitrogens with one attached hydrogen (secondary N) is 1. The molecule has 0 atom stereocenters. The minimum Gasteiger partial charge on any atom is -0.310 e. The van der Waals surface area contributed by atoms with Crippen molar-refractivity contribution in [3.05, 3.63) is 42.0 Å². The molecule has 5 heteroatoms. The molecule has 0 bridgehead atoms. The Morgan fingerprint density at radius 2 is 2.12 bits per heavy atom. The lowest BCUT2D eigenvalue weighted by Crippen LogP contribution is -2.16. The molecule has 86 valence electrons. The Balaban J connectivity index is 2.26. The molecule has 0 spiro atoms. The summed E-state index contributed by atoms with van der Waals surface area (Å²) in [5, 5.41) is 16.1. The number of hydrogen-bond donors (Lipinski definition) is 1. The van der Waals surface area contributed by atoms with E-state index >= 15 is 0 Å². The molecule has 0 saturated carbocycles. The van der Waals surface area contributed by atoms with Gasteiger partial charge in [0, 0.05) is 0 Å². The number of hydrogen-bond acceptors (Lipinski definition) is 4. The summed E-state index contributed by atoms with van der Waals surface area (Å²) in [5.41, 5.74) is 1.55. The Hall–Kier alpha value is -2.19. The fourth-order valence-corrected chi connectivity index (χ4v) is 1.52. The summed E-state index contributed by atoms with van der Waals surface area (Å²) >= 11 is 0. The lowest BCUT2D eigenvalue weighted by atomic mass is 10.2. The monoisotopic (exact) mass is 227 g/mol. The highest BCUT2D eigenvalue weighted by molar-refractivity contribution is 5.39. The summed E-state index contributed by atoms with van der Waals surface area (Å²) in [6.07, 6.45) is 1.53. The third-order valence-corrected chi connectivity index (χ3v) is 2.39. The molecule has 1 heterocycles. The highest BCUT2D eigenvalue weighted by Crippen LogP contribution is 2.09. The summed E-state index contributed by atoms with van der Waals surface area (Å²) < 4.78 is 1.77. The minimum atomic E-state index is 0.641. The van der Waals surface area contributed by atoms with Gasteiger partial charge in [-0.2, -0.15) is 10.4 Å². The SMILES string of the molecule is CCNCc1ncnn1-c1ccc(C#N)cc1. The van der Waals surface area contributed by atoms with E-state index in [1.54, 1.807) is 16.8 Å². The van der Waals surface area contributed by atoms with Gasteiger partial charge in [0.05, 0.1) is 23.9 Å². The standard InChI is InChI=1S/C12H13N5/c1-2-14-8-12-15-9-16-17(12)11-5-3-10(7-13)4-6-11/h3-6,9,14H,2,8H2,1H3. The third kappa shape index (κ3) is 2.49. The van der Waals surface area contributed by atoms with Crippen molar-refractivity contribution in [2.45, 2.75) is 13.5 Å². The molecule has 0 unspecified atom stereocenters. The zero-order chi connectivity index (χ0) is 12.1. The summed E-state index contributed by atoms with van der Waals surface area (Å²) in [4.78, 5) is 4.20. The maximum Gasteiger partial charge on any atom is 0.146 e. The molecular formula is C12H13N5. The first-order valence-electron chi connectivity index (χ1n) is 5.45. The molecule has 0 aliphatic heterocycles. The van der Waals surface area contributed by atoms with Crippen LogP contribution in [0.5, 0.6) is 0 Å². The van der Waals surface area contributed by atoms with Gasteiger partial charge >= 0.3 is 0 Å². The normalized spacial score (nSPS) is 10.1. The summed E-state index contributed by atoms with van der Waals surface area (Å²) in [5.74, 6) is 0.858. The van der Waals surface area contributed by atoms with Gasteiger partial charge in [-0.3, -0.25) is 0 Å². The molecule has 0 aliphatic rings. The molecule has 5 nitrogen and oxygen atoms in total. The molecule has 1 aromatic carbocycles. The minimum absolute atomic E-state index is 0.641. The molecule has 0 aliphatic carbocycles. The van der Waals surface area contributed by atoms with Gasteiger partial charge in [0.1, 0.15) is 12.2 Å². The maximum absolute atomic E-state index is 8.74. The summed E-state index contributed by atoms with van der Waals surface area (Å²) in [6, 6.07) is 9.36. The van der Waals surface area contributed by atoms with Crippen molar-refractivity contribution in [1.82, 2.24) is 20.1 Å². The van der Waals surface area contributed by atoms with Gasteiger partial charge in [-0.15, -0.1) is 0 Å². The number of nitriles is 1. The Kier molecular flexibility index (Phi) is 3.48. The Morgan fingerprint density at radius 1 is 1.35 bits per heavy atom. The van der Waals surface area contributed by atoms with Crippen molar-refractivity contribution >= 4 is 0 Å². The van der Waals surface area contributed by atoms with Crippen LogP contribution < -0.4 is 5.32 Å². The average molecular weight is 227 g/mol. The van der Waals surface area contributed by atoms with Gasteiger partial charge in [-0.1, -0.05) is 6.92 Å². The molecule has 0 fully saturated rings. The first-order chi connectivity index (χ1) is 8.35. The van der Waals surface area contributed by atoms with Crippen LogP contribution in [0, 0.1) is 11.3 Å². The predicted octanol–water partition coefficient (Wildman–Crippen LogP) is 1.25. The zero-order valence-corrected chi connectivity index (χ0v) is 9.59. The number of rotatable bonds is 4. The van der Waals surface area contributed by atoms with Gasteiger partial charge in [0.2, 0.25) is 0 Å². The van der Waals surface area contributed by atoms with E-state index in [1.807, 2.05) is 19.1 Å². The van der Waals surface area contributed by atoms with E-state index in [0.29, 0.717) is 12.1 Å². The number of nitrogens with zero attached hydrogens (tertiary/aromatic N) is 4. The molecule has 2 aromatic rings. The Morgan fingerprint density at radius 3 is 2.76 bits per heavy atom. The molecule has 0 saturated heterocycles. The maximum atomic E-state index is 8.74. The third-order valence-electron chi connectivity index (χ3n) is 2.39. The van der Waals surface area contributed by atoms with Crippen LogP contribution in [0.15, 0.2) is 30.6 Å². The van der Waals surface area contributed by atoms with E-state index < -0.39 is 0 Å². The van der Waals surface area contributed by atoms with E-state index in [1.165, 1.54) is 6.33 Å². The first kappa shape index (κ1) is 11.3. The fourth-order valence-electron chi connectivity index (χ4n) is 1.52. The molecule has 0 radical (unpaired) electrons. The topological polar surface area (TPSA) is 66.5 Å². The first-order valence-corrected chi connectivity index (χ1v) is 5.45. The predicted molar refractivity (Wildman–Crippen MR) is 63.5 cm³/mol. The summed E-state index contributed by atoms with van der Waals surface area (Å²) in [7, 11) is 0. The van der Waals surface area contributed by atoms with E-state index in [9.17, 15) is 0 Å². The van der Waals surface area contributed by atoms with Crippen LogP contribution in [0.3, 0.4) is 0 Å². The quantitative estimate of drug-likeness (QED) is 0.853. The van der Waals surface area contributed by atoms with Gasteiger partial charge in [0.15, 0.2) is 0 Å². The van der Waals surface area contributed by atoms with Gasteiger partial charge in [-0.25, -0.2) is 9.67 Å². The van der Waals surface area contributed by atoms with Crippen molar-refractivity contribution in [2.75, 3.05) is 6.54 Å². The van der Waals surface area contributed by atoms with E-state index in [0.717, 1.165) is 18.1 Å². The molecule has 17 heavy (non-hydrogen) atoms. The highest BCUT2D eigenvalue weighted by atomic mass is 15.3. The fraction of sp³-hybridized carbons (Fsp3) is 0.250. The van der Waals surface area contributed by atoms with E-state index in [4.69, 9.17) is 5.26 Å². The largest absolute Gasteiger partial charge is 0.310 e. The lowest BCUT2D eigenvalue weighted by molar-refractivity contribution is 0.664. The van der Waals surface area contributed by atoms with Crippen molar-refractivity contribution in [3.8, 4) is 11.8 Å². The molecule has 0 amide bonds. The van der Waals surface area contributed by atoms with Gasteiger partial charge in [0.25, 0.3) is 0 Å². The van der Waals surface area contributed by atoms with Crippen molar-refractivity contribution in [2.24, 2.45) is 0 Å². The molecular weight excluding hydrogens is 214 g/mol. The second-order valence-electron chi connectivity index (χ2n) is 3.53. The number of aromatic nitrogens is 3. The number of benzene rings is 1. The Bertz CT molecular complexity index is 521. The second-order valence-corrected chi connectivity index (χ2v) is 3.53. The van der Waals surface area contributed by atoms with Crippen LogP contribution in [0.4, 0.5) is 0 Å². The average Bonchev–Trinajstić information content (AvgIpc) is 2.84. The second kappa shape index (κ2) is 5.23. The van der Waals surface area contributed by atoms with Gasteiger partial charge < -0.3 is 5.32 Å². The summed E-state index contributed by atoms with van der Waals surface area (Å²) in [6.45, 7) is 3.61. The smallest absolute Gasteiger partial charge is 0.146 e. The highest BCUT2D eigenvalue weighted by Gasteiger charge is 2.05. The zero-order valence-electron chi connectivity index (χ0n) is 9.59. The van der Waals surface area contributed by atoms with Crippen LogP contribution in [-0.2, 0) is 6.54 Å². The van der Waals surface area contributed by atoms with Crippen LogP contribution in [0.1, 0.15) is 18.3 Å². The Labute approximate surface area is 99.7 Å².